The molecule has 0 aliphatic heterocycles. The number of hydrogen-bond donors (Lipinski definition) is 2. The minimum atomic E-state index is -0.895. The van der Waals surface area contributed by atoms with Crippen molar-refractivity contribution in [1.82, 2.24) is 5.43 Å². The van der Waals surface area contributed by atoms with E-state index in [1.807, 2.05) is 18.2 Å². The van der Waals surface area contributed by atoms with Gasteiger partial charge in [0.05, 0.1) is 6.21 Å². The van der Waals surface area contributed by atoms with E-state index in [9.17, 15) is 9.59 Å². The number of rotatable bonds is 9. The van der Waals surface area contributed by atoms with Gasteiger partial charge in [0.15, 0.2) is 0 Å². The third kappa shape index (κ3) is 7.83. The van der Waals surface area contributed by atoms with Crippen LogP contribution in [-0.4, -0.2) is 24.6 Å². The summed E-state index contributed by atoms with van der Waals surface area (Å²) in [6.07, 6.45) is 3.05. The number of benzene rings is 3. The average Bonchev–Trinajstić information content (AvgIpc) is 2.83. The minimum Gasteiger partial charge on any atom is -0.490 e. The van der Waals surface area contributed by atoms with Crippen LogP contribution in [0, 0.1) is 0 Å². The predicted molar refractivity (Wildman–Crippen MR) is 129 cm³/mol. The molecule has 168 valence electrons. The lowest BCUT2D eigenvalue weighted by Crippen LogP contribution is -2.32. The first-order chi connectivity index (χ1) is 16.0. The molecule has 0 atom stereocenters. The van der Waals surface area contributed by atoms with Crippen molar-refractivity contribution in [3.8, 4) is 11.5 Å². The number of carbonyl (C=O) groups is 2. The summed E-state index contributed by atoms with van der Waals surface area (Å²) in [5, 5.41) is 6.99. The fraction of sp³-hybridized carbons (Fsp3) is 0.0800. The fourth-order valence-corrected chi connectivity index (χ4v) is 2.75. The smallest absolute Gasteiger partial charge is 0.329 e. The molecule has 0 spiro atoms. The van der Waals surface area contributed by atoms with Crippen LogP contribution in [0.25, 0.3) is 0 Å². The van der Waals surface area contributed by atoms with Gasteiger partial charge in [0.2, 0.25) is 0 Å². The molecule has 0 heterocycles. The number of nitrogens with zero attached hydrogens (tertiary/aromatic N) is 1. The van der Waals surface area contributed by atoms with Crippen LogP contribution in [0.5, 0.6) is 11.5 Å². The van der Waals surface area contributed by atoms with Gasteiger partial charge < -0.3 is 14.8 Å². The lowest BCUT2D eigenvalue weighted by atomic mass is 10.2. The second kappa shape index (κ2) is 12.1. The standard InChI is InChI=1S/C25H22ClN3O4/c1-2-14-32-22-12-10-21(11-13-22)28-24(30)25(31)29-27-16-19-4-3-5-23(15-19)33-17-18-6-8-20(26)9-7-18/h2-13,15-16H,1,14,17H2,(H,28,30)(H,29,31)/b27-16-. The summed E-state index contributed by atoms with van der Waals surface area (Å²) < 4.78 is 11.1. The van der Waals surface area contributed by atoms with E-state index in [0.29, 0.717) is 41.0 Å². The van der Waals surface area contributed by atoms with Gasteiger partial charge in [-0.25, -0.2) is 5.43 Å². The highest BCUT2D eigenvalue weighted by atomic mass is 35.5. The maximum atomic E-state index is 12.0. The van der Waals surface area contributed by atoms with Crippen LogP contribution < -0.4 is 20.2 Å². The lowest BCUT2D eigenvalue weighted by molar-refractivity contribution is -0.136. The first-order valence-electron chi connectivity index (χ1n) is 9.99. The molecule has 0 aromatic heterocycles. The number of anilines is 1. The highest BCUT2D eigenvalue weighted by Crippen LogP contribution is 2.17. The summed E-state index contributed by atoms with van der Waals surface area (Å²) >= 11 is 5.88. The third-order valence-corrected chi connectivity index (χ3v) is 4.49. The first kappa shape index (κ1) is 23.6. The molecule has 0 radical (unpaired) electrons. The maximum absolute atomic E-state index is 12.0. The monoisotopic (exact) mass is 463 g/mol. The molecule has 0 bridgehead atoms. The van der Waals surface area contributed by atoms with Crippen molar-refractivity contribution in [3.05, 3.63) is 102 Å². The van der Waals surface area contributed by atoms with E-state index in [0.717, 1.165) is 5.56 Å². The van der Waals surface area contributed by atoms with Crippen LogP contribution in [0.3, 0.4) is 0 Å². The van der Waals surface area contributed by atoms with E-state index in [1.165, 1.54) is 6.21 Å². The molecule has 33 heavy (non-hydrogen) atoms. The zero-order chi connectivity index (χ0) is 23.5. The summed E-state index contributed by atoms with van der Waals surface area (Å²) in [5.74, 6) is -0.472. The largest absolute Gasteiger partial charge is 0.490 e. The van der Waals surface area contributed by atoms with Gasteiger partial charge >= 0.3 is 11.8 Å². The molecular weight excluding hydrogens is 442 g/mol. The van der Waals surface area contributed by atoms with Gasteiger partial charge in [-0.1, -0.05) is 48.5 Å². The van der Waals surface area contributed by atoms with Crippen LogP contribution in [0.1, 0.15) is 11.1 Å². The lowest BCUT2D eigenvalue weighted by Gasteiger charge is -2.07. The molecule has 0 aliphatic carbocycles. The Morgan fingerprint density at radius 3 is 2.42 bits per heavy atom. The van der Waals surface area contributed by atoms with Crippen LogP contribution in [-0.2, 0) is 16.2 Å². The molecule has 3 aromatic rings. The fourth-order valence-electron chi connectivity index (χ4n) is 2.63. The second-order valence-corrected chi connectivity index (χ2v) is 7.20. The van der Waals surface area contributed by atoms with Crippen molar-refractivity contribution in [1.29, 1.82) is 0 Å². The van der Waals surface area contributed by atoms with Gasteiger partial charge in [-0.2, -0.15) is 5.10 Å². The van der Waals surface area contributed by atoms with E-state index >= 15 is 0 Å². The molecule has 2 N–H and O–H groups in total. The van der Waals surface area contributed by atoms with Gasteiger partial charge in [0.25, 0.3) is 0 Å². The van der Waals surface area contributed by atoms with Crippen molar-refractivity contribution in [3.63, 3.8) is 0 Å². The van der Waals surface area contributed by atoms with Gasteiger partial charge in [-0.3, -0.25) is 9.59 Å². The van der Waals surface area contributed by atoms with Gasteiger partial charge in [-0.05, 0) is 59.7 Å². The highest BCUT2D eigenvalue weighted by molar-refractivity contribution is 6.39. The molecule has 8 heteroatoms. The van der Waals surface area contributed by atoms with Crippen LogP contribution in [0.2, 0.25) is 5.02 Å². The quantitative estimate of drug-likeness (QED) is 0.210. The summed E-state index contributed by atoms with van der Waals surface area (Å²) in [7, 11) is 0. The van der Waals surface area contributed by atoms with E-state index in [4.69, 9.17) is 21.1 Å². The van der Waals surface area contributed by atoms with Crippen LogP contribution in [0.4, 0.5) is 5.69 Å². The Labute approximate surface area is 196 Å². The topological polar surface area (TPSA) is 89.0 Å². The number of hydrogen-bond acceptors (Lipinski definition) is 5. The van der Waals surface area contributed by atoms with Gasteiger partial charge in [0, 0.05) is 10.7 Å². The van der Waals surface area contributed by atoms with Crippen LogP contribution in [0.15, 0.2) is 90.6 Å². The number of nitrogens with one attached hydrogen (secondary N) is 2. The van der Waals surface area contributed by atoms with Crippen molar-refractivity contribution in [2.24, 2.45) is 5.10 Å². The molecule has 0 fully saturated rings. The number of ether oxygens (including phenoxy) is 2. The zero-order valence-corrected chi connectivity index (χ0v) is 18.4. The van der Waals surface area contributed by atoms with Crippen molar-refractivity contribution in [2.45, 2.75) is 6.61 Å². The molecule has 0 unspecified atom stereocenters. The Balaban J connectivity index is 1.48. The number of amides is 2. The van der Waals surface area contributed by atoms with E-state index in [1.54, 1.807) is 60.7 Å². The molecule has 7 nitrogen and oxygen atoms in total. The Morgan fingerprint density at radius 1 is 0.939 bits per heavy atom. The second-order valence-electron chi connectivity index (χ2n) is 6.76. The Morgan fingerprint density at radius 2 is 1.70 bits per heavy atom. The minimum absolute atomic E-state index is 0.378. The summed E-state index contributed by atoms with van der Waals surface area (Å²) in [5.41, 5.74) is 4.33. The van der Waals surface area contributed by atoms with E-state index in [-0.39, 0.29) is 0 Å². The normalized spacial score (nSPS) is 10.5. The first-order valence-corrected chi connectivity index (χ1v) is 10.4. The molecule has 3 rings (SSSR count). The molecule has 0 saturated heterocycles. The number of carbonyl (C=O) groups excluding carboxylic acids is 2. The zero-order valence-electron chi connectivity index (χ0n) is 17.7. The van der Waals surface area contributed by atoms with Crippen molar-refractivity contribution in [2.75, 3.05) is 11.9 Å². The Kier molecular flexibility index (Phi) is 8.62. The molecule has 0 saturated carbocycles. The average molecular weight is 464 g/mol. The van der Waals surface area contributed by atoms with Crippen molar-refractivity contribution < 1.29 is 19.1 Å². The molecule has 2 amide bonds. The summed E-state index contributed by atoms with van der Waals surface area (Å²) in [6.45, 7) is 4.34. The van der Waals surface area contributed by atoms with Crippen molar-refractivity contribution >= 4 is 35.3 Å². The molecular formula is C25H22ClN3O4. The summed E-state index contributed by atoms with van der Waals surface area (Å²) in [6, 6.07) is 21.2. The van der Waals surface area contributed by atoms with Gasteiger partial charge in [-0.15, -0.1) is 0 Å². The maximum Gasteiger partial charge on any atom is 0.329 e. The molecule has 0 aliphatic rings. The SMILES string of the molecule is C=CCOc1ccc(NC(=O)C(=O)N/N=C\c2cccc(OCc3ccc(Cl)cc3)c2)cc1. The Bertz CT molecular complexity index is 1130. The molecule has 3 aromatic carbocycles. The van der Waals surface area contributed by atoms with Crippen LogP contribution >= 0.6 is 11.6 Å². The van der Waals surface area contributed by atoms with E-state index in [2.05, 4.69) is 22.4 Å². The third-order valence-electron chi connectivity index (χ3n) is 4.24. The Hall–Kier alpha value is -4.10. The summed E-state index contributed by atoms with van der Waals surface area (Å²) in [4.78, 5) is 24.0. The highest BCUT2D eigenvalue weighted by Gasteiger charge is 2.12. The van der Waals surface area contributed by atoms with E-state index < -0.39 is 11.8 Å². The number of halogens is 1. The predicted octanol–water partition coefficient (Wildman–Crippen LogP) is 4.57. The van der Waals surface area contributed by atoms with Gasteiger partial charge in [0.1, 0.15) is 24.7 Å². The number of hydrazone groups is 1.